The van der Waals surface area contributed by atoms with Gasteiger partial charge in [0.25, 0.3) is 5.56 Å². The van der Waals surface area contributed by atoms with Crippen LogP contribution < -0.4 is 10.5 Å². The third kappa shape index (κ3) is 3.22. The highest BCUT2D eigenvalue weighted by molar-refractivity contribution is 6.33. The molecule has 4 rings (SSSR count). The van der Waals surface area contributed by atoms with Crippen molar-refractivity contribution in [3.63, 3.8) is 0 Å². The Morgan fingerprint density at radius 2 is 1.81 bits per heavy atom. The fourth-order valence-electron chi connectivity index (χ4n) is 3.25. The van der Waals surface area contributed by atoms with Crippen LogP contribution >= 0.6 is 11.6 Å². The van der Waals surface area contributed by atoms with E-state index in [9.17, 15) is 9.18 Å². The van der Waals surface area contributed by atoms with Gasteiger partial charge in [0.2, 0.25) is 0 Å². The van der Waals surface area contributed by atoms with Gasteiger partial charge in [-0.05, 0) is 35.2 Å². The maximum absolute atomic E-state index is 13.0. The summed E-state index contributed by atoms with van der Waals surface area (Å²) < 4.78 is 14.3. The molecule has 1 aliphatic rings. The van der Waals surface area contributed by atoms with Crippen molar-refractivity contribution >= 4 is 17.3 Å². The van der Waals surface area contributed by atoms with Crippen molar-refractivity contribution in [2.75, 3.05) is 11.4 Å². The molecule has 0 amide bonds. The number of aromatic nitrogens is 2. The lowest BCUT2D eigenvalue weighted by Crippen LogP contribution is -2.33. The lowest BCUT2D eigenvalue weighted by atomic mass is 10.00. The second-order valence-electron chi connectivity index (χ2n) is 6.37. The van der Waals surface area contributed by atoms with E-state index >= 15 is 0 Å². The molecule has 6 heteroatoms. The molecule has 0 radical (unpaired) electrons. The molecule has 1 aliphatic heterocycles. The normalized spacial score (nSPS) is 13.5. The van der Waals surface area contributed by atoms with E-state index in [1.165, 1.54) is 27.9 Å². The molecule has 1 aromatic heterocycles. The predicted molar refractivity (Wildman–Crippen MR) is 100 cm³/mol. The molecule has 0 fully saturated rings. The second-order valence-corrected chi connectivity index (χ2v) is 6.75. The lowest BCUT2D eigenvalue weighted by molar-refractivity contribution is 0.617. The van der Waals surface area contributed by atoms with Gasteiger partial charge in [0, 0.05) is 13.1 Å². The van der Waals surface area contributed by atoms with Gasteiger partial charge in [0.05, 0.1) is 18.4 Å². The molecule has 0 unspecified atom stereocenters. The van der Waals surface area contributed by atoms with Gasteiger partial charge in [-0.15, -0.1) is 0 Å². The Bertz CT molecular complexity index is 1000. The zero-order valence-electron chi connectivity index (χ0n) is 14.0. The van der Waals surface area contributed by atoms with Crippen LogP contribution in [0, 0.1) is 5.82 Å². The summed E-state index contributed by atoms with van der Waals surface area (Å²) in [5.74, 6) is -0.312. The minimum absolute atomic E-state index is 0.168. The van der Waals surface area contributed by atoms with E-state index in [4.69, 9.17) is 11.6 Å². The van der Waals surface area contributed by atoms with Crippen molar-refractivity contribution in [3.8, 4) is 0 Å². The van der Waals surface area contributed by atoms with Gasteiger partial charge in [-0.25, -0.2) is 9.07 Å². The van der Waals surface area contributed by atoms with Crippen LogP contribution in [0.2, 0.25) is 5.02 Å². The van der Waals surface area contributed by atoms with E-state index in [-0.39, 0.29) is 22.9 Å². The molecular weight excluding hydrogens is 353 g/mol. The van der Waals surface area contributed by atoms with Crippen LogP contribution in [-0.4, -0.2) is 16.3 Å². The predicted octanol–water partition coefficient (Wildman–Crippen LogP) is 3.65. The monoisotopic (exact) mass is 369 g/mol. The highest BCUT2D eigenvalue weighted by Crippen LogP contribution is 2.27. The van der Waals surface area contributed by atoms with Crippen LogP contribution in [0.4, 0.5) is 10.1 Å². The summed E-state index contributed by atoms with van der Waals surface area (Å²) in [7, 11) is 0. The Kier molecular flexibility index (Phi) is 4.47. The van der Waals surface area contributed by atoms with Gasteiger partial charge in [-0.2, -0.15) is 5.10 Å². The quantitative estimate of drug-likeness (QED) is 0.707. The standard InChI is InChI=1S/C20H17ClFN3O/c21-19-18(24-10-9-15-3-1-2-4-16(15)13-24)11-23-25(20(19)26)12-14-5-7-17(22)8-6-14/h1-8,11H,9-10,12-13H2. The zero-order valence-corrected chi connectivity index (χ0v) is 14.8. The summed E-state index contributed by atoms with van der Waals surface area (Å²) in [4.78, 5) is 14.7. The highest BCUT2D eigenvalue weighted by atomic mass is 35.5. The lowest BCUT2D eigenvalue weighted by Gasteiger charge is -2.31. The molecule has 0 saturated heterocycles. The molecule has 132 valence electrons. The average Bonchev–Trinajstić information content (AvgIpc) is 2.67. The molecular formula is C20H17ClFN3O. The second kappa shape index (κ2) is 6.92. The van der Waals surface area contributed by atoms with Crippen molar-refractivity contribution in [2.24, 2.45) is 0 Å². The van der Waals surface area contributed by atoms with E-state index in [0.717, 1.165) is 18.5 Å². The molecule has 0 aliphatic carbocycles. The maximum Gasteiger partial charge on any atom is 0.287 e. The van der Waals surface area contributed by atoms with Crippen molar-refractivity contribution in [3.05, 3.63) is 92.6 Å². The number of halogens is 2. The Balaban J connectivity index is 1.60. The van der Waals surface area contributed by atoms with Gasteiger partial charge in [-0.3, -0.25) is 4.79 Å². The third-order valence-corrected chi connectivity index (χ3v) is 5.04. The summed E-state index contributed by atoms with van der Waals surface area (Å²) in [6.45, 7) is 1.75. The van der Waals surface area contributed by atoms with Crippen molar-refractivity contribution in [1.82, 2.24) is 9.78 Å². The number of hydrogen-bond acceptors (Lipinski definition) is 3. The summed E-state index contributed by atoms with van der Waals surface area (Å²) in [6, 6.07) is 14.3. The number of anilines is 1. The first-order valence-electron chi connectivity index (χ1n) is 8.43. The summed E-state index contributed by atoms with van der Waals surface area (Å²) in [5.41, 5.74) is 3.67. The Morgan fingerprint density at radius 3 is 2.58 bits per heavy atom. The Hall–Kier alpha value is -2.66. The van der Waals surface area contributed by atoms with Crippen LogP contribution in [-0.2, 0) is 19.5 Å². The van der Waals surface area contributed by atoms with Crippen molar-refractivity contribution < 1.29 is 4.39 Å². The number of rotatable bonds is 3. The summed E-state index contributed by atoms with van der Waals surface area (Å²) >= 11 is 6.38. The summed E-state index contributed by atoms with van der Waals surface area (Å²) in [6.07, 6.45) is 2.55. The number of fused-ring (bicyclic) bond motifs is 1. The average molecular weight is 370 g/mol. The fourth-order valence-corrected chi connectivity index (χ4v) is 3.52. The van der Waals surface area contributed by atoms with Gasteiger partial charge in [0.15, 0.2) is 0 Å². The molecule has 3 aromatic rings. The maximum atomic E-state index is 13.0. The molecule has 0 spiro atoms. The SMILES string of the molecule is O=c1c(Cl)c(N2CCc3ccccc3C2)cnn1Cc1ccc(F)cc1. The summed E-state index contributed by atoms with van der Waals surface area (Å²) in [5, 5.41) is 4.44. The van der Waals surface area contributed by atoms with Crippen LogP contribution in [0.3, 0.4) is 0 Å². The number of hydrogen-bond donors (Lipinski definition) is 0. The third-order valence-electron chi connectivity index (χ3n) is 4.68. The Labute approximate surface area is 155 Å². The molecule has 0 N–H and O–H groups in total. The van der Waals surface area contributed by atoms with Crippen LogP contribution in [0.15, 0.2) is 59.5 Å². The fraction of sp³-hybridized carbons (Fsp3) is 0.200. The van der Waals surface area contributed by atoms with Crippen LogP contribution in [0.25, 0.3) is 0 Å². The van der Waals surface area contributed by atoms with Gasteiger partial charge in [0.1, 0.15) is 10.8 Å². The van der Waals surface area contributed by atoms with Crippen LogP contribution in [0.5, 0.6) is 0 Å². The molecule has 0 atom stereocenters. The van der Waals surface area contributed by atoms with Crippen molar-refractivity contribution in [2.45, 2.75) is 19.5 Å². The van der Waals surface area contributed by atoms with E-state index < -0.39 is 0 Å². The Morgan fingerprint density at radius 1 is 1.08 bits per heavy atom. The number of nitrogens with zero attached hydrogens (tertiary/aromatic N) is 3. The first-order chi connectivity index (χ1) is 12.6. The first-order valence-corrected chi connectivity index (χ1v) is 8.81. The van der Waals surface area contributed by atoms with E-state index in [2.05, 4.69) is 22.1 Å². The minimum Gasteiger partial charge on any atom is -0.364 e. The zero-order chi connectivity index (χ0) is 18.1. The highest BCUT2D eigenvalue weighted by Gasteiger charge is 2.20. The van der Waals surface area contributed by atoms with Crippen LogP contribution in [0.1, 0.15) is 16.7 Å². The van der Waals surface area contributed by atoms with E-state index in [1.54, 1.807) is 18.3 Å². The van der Waals surface area contributed by atoms with E-state index in [1.807, 2.05) is 12.1 Å². The molecule has 4 nitrogen and oxygen atoms in total. The van der Waals surface area contributed by atoms with Gasteiger partial charge in [-0.1, -0.05) is 48.0 Å². The largest absolute Gasteiger partial charge is 0.364 e. The van der Waals surface area contributed by atoms with Gasteiger partial charge < -0.3 is 4.90 Å². The molecule has 0 bridgehead atoms. The topological polar surface area (TPSA) is 38.1 Å². The first kappa shape index (κ1) is 16.8. The van der Waals surface area contributed by atoms with Crippen molar-refractivity contribution in [1.29, 1.82) is 0 Å². The minimum atomic E-state index is -0.340. The van der Waals surface area contributed by atoms with Gasteiger partial charge >= 0.3 is 0 Å². The molecule has 0 saturated carbocycles. The molecule has 26 heavy (non-hydrogen) atoms. The number of benzene rings is 2. The smallest absolute Gasteiger partial charge is 0.287 e. The molecule has 2 aromatic carbocycles. The molecule has 2 heterocycles. The van der Waals surface area contributed by atoms with E-state index in [0.29, 0.717) is 12.2 Å².